The van der Waals surface area contributed by atoms with Crippen molar-refractivity contribution in [1.29, 1.82) is 0 Å². The molecule has 1 amide bonds. The summed E-state index contributed by atoms with van der Waals surface area (Å²) < 4.78 is 0. The highest BCUT2D eigenvalue weighted by Gasteiger charge is 2.32. The number of anilines is 1. The maximum atomic E-state index is 12.7. The van der Waals surface area contributed by atoms with Crippen molar-refractivity contribution in [2.24, 2.45) is 0 Å². The van der Waals surface area contributed by atoms with E-state index in [0.717, 1.165) is 24.1 Å². The van der Waals surface area contributed by atoms with E-state index in [1.807, 2.05) is 6.07 Å². The lowest BCUT2D eigenvalue weighted by atomic mass is 9.92. The molecule has 3 rings (SSSR count). The second-order valence-electron chi connectivity index (χ2n) is 6.99. The SMILES string of the molecule is CCC(=O)N(c1cc(C2=CCCCC2)sc1C(=O)O)C1CCC(=O)CC1. The van der Waals surface area contributed by atoms with E-state index in [1.165, 1.54) is 23.3 Å². The van der Waals surface area contributed by atoms with Gasteiger partial charge in [-0.15, -0.1) is 11.3 Å². The normalized spacial score (nSPS) is 18.5. The Kier molecular flexibility index (Phi) is 5.91. The lowest BCUT2D eigenvalue weighted by molar-refractivity contribution is -0.122. The van der Waals surface area contributed by atoms with Crippen molar-refractivity contribution >= 4 is 40.3 Å². The molecule has 2 aliphatic rings. The molecule has 1 heterocycles. The third-order valence-corrected chi connectivity index (χ3v) is 6.41. The van der Waals surface area contributed by atoms with Gasteiger partial charge in [-0.3, -0.25) is 9.59 Å². The molecule has 0 bridgehead atoms. The lowest BCUT2D eigenvalue weighted by Gasteiger charge is -2.33. The van der Waals surface area contributed by atoms with Crippen LogP contribution in [0.15, 0.2) is 12.1 Å². The molecule has 6 heteroatoms. The minimum absolute atomic E-state index is 0.0752. The Morgan fingerprint density at radius 2 is 1.96 bits per heavy atom. The zero-order valence-corrected chi connectivity index (χ0v) is 15.9. The van der Waals surface area contributed by atoms with Gasteiger partial charge in [0.1, 0.15) is 10.7 Å². The highest BCUT2D eigenvalue weighted by Crippen LogP contribution is 2.40. The van der Waals surface area contributed by atoms with Crippen molar-refractivity contribution < 1.29 is 19.5 Å². The Bertz CT molecular complexity index is 739. The van der Waals surface area contributed by atoms with E-state index < -0.39 is 5.97 Å². The summed E-state index contributed by atoms with van der Waals surface area (Å²) in [5.41, 5.74) is 1.70. The average molecular weight is 375 g/mol. The fourth-order valence-corrected chi connectivity index (χ4v) is 4.88. The van der Waals surface area contributed by atoms with Gasteiger partial charge in [0.25, 0.3) is 0 Å². The number of ketones is 1. The minimum atomic E-state index is -0.992. The summed E-state index contributed by atoms with van der Waals surface area (Å²) in [7, 11) is 0. The van der Waals surface area contributed by atoms with Crippen LogP contribution in [0.5, 0.6) is 0 Å². The zero-order chi connectivity index (χ0) is 18.7. The van der Waals surface area contributed by atoms with Crippen LogP contribution in [-0.2, 0) is 9.59 Å². The number of allylic oxidation sites excluding steroid dienone is 2. The first kappa shape index (κ1) is 18.8. The maximum Gasteiger partial charge on any atom is 0.348 e. The second-order valence-corrected chi connectivity index (χ2v) is 8.04. The van der Waals surface area contributed by atoms with Gasteiger partial charge in [0.2, 0.25) is 5.91 Å². The average Bonchev–Trinajstić information content (AvgIpc) is 3.09. The van der Waals surface area contributed by atoms with Crippen LogP contribution in [0.25, 0.3) is 5.57 Å². The van der Waals surface area contributed by atoms with Crippen LogP contribution in [0, 0.1) is 0 Å². The van der Waals surface area contributed by atoms with E-state index in [-0.39, 0.29) is 22.6 Å². The predicted molar refractivity (Wildman–Crippen MR) is 103 cm³/mol. The molecule has 0 radical (unpaired) electrons. The summed E-state index contributed by atoms with van der Waals surface area (Å²) in [6, 6.07) is 1.79. The number of carboxylic acids is 1. The van der Waals surface area contributed by atoms with Gasteiger partial charge in [-0.2, -0.15) is 0 Å². The van der Waals surface area contributed by atoms with Crippen molar-refractivity contribution in [2.45, 2.75) is 70.8 Å². The highest BCUT2D eigenvalue weighted by molar-refractivity contribution is 7.15. The molecule has 0 aromatic carbocycles. The van der Waals surface area contributed by atoms with E-state index in [1.54, 1.807) is 11.8 Å². The third kappa shape index (κ3) is 3.90. The number of aromatic carboxylic acids is 1. The van der Waals surface area contributed by atoms with E-state index in [0.29, 0.717) is 37.8 Å². The third-order valence-electron chi connectivity index (χ3n) is 5.22. The number of Topliss-reactive ketones (excluding diaryl/α,β-unsaturated/α-hetero) is 1. The summed E-state index contributed by atoms with van der Waals surface area (Å²) >= 11 is 1.27. The molecule has 0 spiro atoms. The predicted octanol–water partition coefficient (Wildman–Crippen LogP) is 4.66. The van der Waals surface area contributed by atoms with Crippen LogP contribution in [-0.4, -0.2) is 28.8 Å². The van der Waals surface area contributed by atoms with Gasteiger partial charge in [0, 0.05) is 30.2 Å². The molecule has 5 nitrogen and oxygen atoms in total. The smallest absolute Gasteiger partial charge is 0.348 e. The Morgan fingerprint density at radius 1 is 1.23 bits per heavy atom. The summed E-state index contributed by atoms with van der Waals surface area (Å²) in [6.45, 7) is 1.79. The van der Waals surface area contributed by atoms with E-state index in [2.05, 4.69) is 6.08 Å². The number of carboxylic acid groups (broad SMARTS) is 1. The number of carbonyl (C=O) groups is 3. The molecule has 0 saturated heterocycles. The summed E-state index contributed by atoms with van der Waals surface area (Å²) in [5, 5.41) is 9.72. The van der Waals surface area contributed by atoms with Crippen molar-refractivity contribution in [3.8, 4) is 0 Å². The molecule has 140 valence electrons. The van der Waals surface area contributed by atoms with Gasteiger partial charge in [0.05, 0.1) is 5.69 Å². The van der Waals surface area contributed by atoms with E-state index in [4.69, 9.17) is 0 Å². The first-order valence-corrected chi connectivity index (χ1v) is 10.2. The molecular weight excluding hydrogens is 350 g/mol. The quantitative estimate of drug-likeness (QED) is 0.812. The summed E-state index contributed by atoms with van der Waals surface area (Å²) in [6.07, 6.45) is 8.91. The zero-order valence-electron chi connectivity index (χ0n) is 15.1. The fourth-order valence-electron chi connectivity index (χ4n) is 3.82. The molecule has 1 N–H and O–H groups in total. The van der Waals surface area contributed by atoms with Gasteiger partial charge in [-0.25, -0.2) is 4.79 Å². The number of amides is 1. The van der Waals surface area contributed by atoms with Crippen LogP contribution in [0.4, 0.5) is 5.69 Å². The number of hydrogen-bond donors (Lipinski definition) is 1. The van der Waals surface area contributed by atoms with Crippen LogP contribution >= 0.6 is 11.3 Å². The number of carbonyl (C=O) groups excluding carboxylic acids is 2. The topological polar surface area (TPSA) is 74.7 Å². The Labute approximate surface area is 157 Å². The Morgan fingerprint density at radius 3 is 2.54 bits per heavy atom. The number of hydrogen-bond acceptors (Lipinski definition) is 4. The molecule has 0 unspecified atom stereocenters. The van der Waals surface area contributed by atoms with Gasteiger partial charge in [0.15, 0.2) is 0 Å². The second kappa shape index (κ2) is 8.16. The largest absolute Gasteiger partial charge is 0.477 e. The van der Waals surface area contributed by atoms with Crippen molar-refractivity contribution in [3.63, 3.8) is 0 Å². The van der Waals surface area contributed by atoms with Crippen LogP contribution in [0.1, 0.15) is 79.3 Å². The monoisotopic (exact) mass is 375 g/mol. The van der Waals surface area contributed by atoms with Gasteiger partial charge in [-0.1, -0.05) is 13.0 Å². The van der Waals surface area contributed by atoms with Crippen LogP contribution in [0.2, 0.25) is 0 Å². The number of nitrogens with zero attached hydrogens (tertiary/aromatic N) is 1. The molecule has 1 fully saturated rings. The lowest BCUT2D eigenvalue weighted by Crippen LogP contribution is -2.42. The minimum Gasteiger partial charge on any atom is -0.477 e. The van der Waals surface area contributed by atoms with E-state index in [9.17, 15) is 19.5 Å². The van der Waals surface area contributed by atoms with Crippen molar-refractivity contribution in [2.75, 3.05) is 4.90 Å². The van der Waals surface area contributed by atoms with Crippen LogP contribution in [0.3, 0.4) is 0 Å². The molecule has 0 atom stereocenters. The molecule has 1 saturated carbocycles. The molecular formula is C20H25NO4S. The summed E-state index contributed by atoms with van der Waals surface area (Å²) in [5.74, 6) is -0.843. The molecule has 0 aliphatic heterocycles. The van der Waals surface area contributed by atoms with Gasteiger partial charge in [-0.05, 0) is 50.2 Å². The number of rotatable bonds is 5. The molecule has 2 aliphatic carbocycles. The fraction of sp³-hybridized carbons (Fsp3) is 0.550. The first-order valence-electron chi connectivity index (χ1n) is 9.41. The first-order chi connectivity index (χ1) is 12.5. The molecule has 26 heavy (non-hydrogen) atoms. The Balaban J connectivity index is 2.00. The van der Waals surface area contributed by atoms with Crippen LogP contribution < -0.4 is 4.90 Å². The summed E-state index contributed by atoms with van der Waals surface area (Å²) in [4.78, 5) is 39.0. The standard InChI is InChI=1S/C20H25NO4S/c1-2-18(23)21(14-8-10-15(22)11-9-14)16-12-17(26-19(16)20(24)25)13-6-4-3-5-7-13/h6,12,14H,2-5,7-11H2,1H3,(H,24,25). The number of thiophene rings is 1. The molecule has 1 aromatic heterocycles. The van der Waals surface area contributed by atoms with E-state index >= 15 is 0 Å². The maximum absolute atomic E-state index is 12.7. The van der Waals surface area contributed by atoms with Crippen molar-refractivity contribution in [3.05, 3.63) is 21.9 Å². The van der Waals surface area contributed by atoms with Gasteiger partial charge < -0.3 is 10.0 Å². The van der Waals surface area contributed by atoms with Gasteiger partial charge >= 0.3 is 5.97 Å². The molecule has 1 aromatic rings. The Hall–Kier alpha value is -1.95. The highest BCUT2D eigenvalue weighted by atomic mass is 32.1. The van der Waals surface area contributed by atoms with Crippen molar-refractivity contribution in [1.82, 2.24) is 0 Å².